The molecule has 8 heteroatoms. The van der Waals surface area contributed by atoms with Crippen LogP contribution in [-0.2, 0) is 14.8 Å². The second-order valence-electron chi connectivity index (χ2n) is 7.33. The quantitative estimate of drug-likeness (QED) is 0.724. The molecular formula is C21H26ClN3O3S. The second-order valence-corrected chi connectivity index (χ2v) is 9.78. The fraction of sp³-hybridized carbons (Fsp3) is 0.381. The van der Waals surface area contributed by atoms with Crippen molar-refractivity contribution in [1.29, 1.82) is 0 Å². The van der Waals surface area contributed by atoms with Crippen LogP contribution in [0.1, 0.15) is 11.1 Å². The van der Waals surface area contributed by atoms with Gasteiger partial charge in [-0.05, 0) is 49.2 Å². The van der Waals surface area contributed by atoms with Crippen molar-refractivity contribution in [2.75, 3.05) is 44.7 Å². The third-order valence-electron chi connectivity index (χ3n) is 5.37. The number of halogens is 1. The predicted octanol–water partition coefficient (Wildman–Crippen LogP) is 2.93. The number of anilines is 1. The normalized spacial score (nSPS) is 15.1. The lowest BCUT2D eigenvalue weighted by atomic mass is 10.1. The molecule has 1 fully saturated rings. The monoisotopic (exact) mass is 435 g/mol. The summed E-state index contributed by atoms with van der Waals surface area (Å²) in [5.41, 5.74) is 2.89. The average molecular weight is 436 g/mol. The number of amides is 1. The van der Waals surface area contributed by atoms with Gasteiger partial charge in [0, 0.05) is 33.2 Å². The van der Waals surface area contributed by atoms with E-state index in [0.29, 0.717) is 31.2 Å². The number of benzene rings is 2. The van der Waals surface area contributed by atoms with Crippen molar-refractivity contribution in [1.82, 2.24) is 9.21 Å². The lowest BCUT2D eigenvalue weighted by molar-refractivity contribution is -0.131. The molecule has 0 saturated carbocycles. The molecule has 156 valence electrons. The van der Waals surface area contributed by atoms with E-state index < -0.39 is 10.0 Å². The third-order valence-corrected chi connectivity index (χ3v) is 7.49. The average Bonchev–Trinajstić information content (AvgIpc) is 2.70. The molecule has 29 heavy (non-hydrogen) atoms. The molecule has 2 aromatic carbocycles. The van der Waals surface area contributed by atoms with Gasteiger partial charge in [0.1, 0.15) is 0 Å². The zero-order valence-corrected chi connectivity index (χ0v) is 18.5. The van der Waals surface area contributed by atoms with Crippen molar-refractivity contribution in [3.63, 3.8) is 0 Å². The summed E-state index contributed by atoms with van der Waals surface area (Å²) in [6.45, 7) is 6.00. The smallest absolute Gasteiger partial charge is 0.243 e. The SMILES string of the molecule is Cc1ccc(S(=O)(=O)N(C)CC(=O)N2CCN(c3ccccc3Cl)CC2)cc1C. The highest BCUT2D eigenvalue weighted by atomic mass is 35.5. The maximum absolute atomic E-state index is 12.8. The first kappa shape index (κ1) is 21.6. The van der Waals surface area contributed by atoms with Crippen LogP contribution in [0.3, 0.4) is 0 Å². The van der Waals surface area contributed by atoms with E-state index in [9.17, 15) is 13.2 Å². The van der Waals surface area contributed by atoms with E-state index in [2.05, 4.69) is 4.90 Å². The van der Waals surface area contributed by atoms with Crippen LogP contribution in [-0.4, -0.2) is 63.3 Å². The number of hydrogen-bond donors (Lipinski definition) is 0. The maximum atomic E-state index is 12.8. The molecule has 1 saturated heterocycles. The Morgan fingerprint density at radius 2 is 1.69 bits per heavy atom. The van der Waals surface area contributed by atoms with E-state index in [1.54, 1.807) is 23.1 Å². The number of sulfonamides is 1. The summed E-state index contributed by atoms with van der Waals surface area (Å²) in [7, 11) is -2.27. The highest BCUT2D eigenvalue weighted by molar-refractivity contribution is 7.89. The molecule has 0 radical (unpaired) electrons. The Kier molecular flexibility index (Phi) is 6.51. The van der Waals surface area contributed by atoms with Crippen LogP contribution in [0.25, 0.3) is 0 Å². The molecule has 2 aromatic rings. The summed E-state index contributed by atoms with van der Waals surface area (Å²) >= 11 is 6.26. The summed E-state index contributed by atoms with van der Waals surface area (Å²) in [6, 6.07) is 12.6. The van der Waals surface area contributed by atoms with Gasteiger partial charge in [0.05, 0.1) is 22.2 Å². The number of rotatable bonds is 5. The minimum Gasteiger partial charge on any atom is -0.367 e. The Labute approximate surface area is 177 Å². The fourth-order valence-corrected chi connectivity index (χ4v) is 4.80. The lowest BCUT2D eigenvalue weighted by Crippen LogP contribution is -2.51. The van der Waals surface area contributed by atoms with E-state index in [1.165, 1.54) is 7.05 Å². The van der Waals surface area contributed by atoms with Gasteiger partial charge >= 0.3 is 0 Å². The summed E-state index contributed by atoms with van der Waals surface area (Å²) in [4.78, 5) is 16.7. The molecule has 0 atom stereocenters. The number of carbonyl (C=O) groups is 1. The second kappa shape index (κ2) is 8.73. The number of likely N-dealkylation sites (N-methyl/N-ethyl adjacent to an activating group) is 1. The number of para-hydroxylation sites is 1. The van der Waals surface area contributed by atoms with Crippen molar-refractivity contribution in [2.24, 2.45) is 0 Å². The number of hydrogen-bond acceptors (Lipinski definition) is 4. The first-order valence-corrected chi connectivity index (χ1v) is 11.3. The number of nitrogens with zero attached hydrogens (tertiary/aromatic N) is 3. The first-order valence-electron chi connectivity index (χ1n) is 9.51. The van der Waals surface area contributed by atoms with Gasteiger partial charge < -0.3 is 9.80 Å². The van der Waals surface area contributed by atoms with Crippen molar-refractivity contribution in [3.8, 4) is 0 Å². The van der Waals surface area contributed by atoms with E-state index in [-0.39, 0.29) is 17.3 Å². The van der Waals surface area contributed by atoms with Gasteiger partial charge in [0.2, 0.25) is 15.9 Å². The molecule has 1 aliphatic rings. The Balaban J connectivity index is 1.62. The van der Waals surface area contributed by atoms with Gasteiger partial charge in [-0.15, -0.1) is 0 Å². The summed E-state index contributed by atoms with van der Waals surface area (Å²) in [5, 5.41) is 0.687. The van der Waals surface area contributed by atoms with Crippen LogP contribution in [0, 0.1) is 13.8 Å². The molecule has 1 aliphatic heterocycles. The van der Waals surface area contributed by atoms with Crippen molar-refractivity contribution in [2.45, 2.75) is 18.7 Å². The molecule has 0 unspecified atom stereocenters. The van der Waals surface area contributed by atoms with Crippen LogP contribution < -0.4 is 4.90 Å². The van der Waals surface area contributed by atoms with Gasteiger partial charge in [-0.3, -0.25) is 4.79 Å². The molecule has 1 heterocycles. The fourth-order valence-electron chi connectivity index (χ4n) is 3.33. The van der Waals surface area contributed by atoms with E-state index >= 15 is 0 Å². The molecule has 0 aliphatic carbocycles. The van der Waals surface area contributed by atoms with Gasteiger partial charge in [-0.1, -0.05) is 29.8 Å². The Morgan fingerprint density at radius 1 is 1.03 bits per heavy atom. The molecule has 0 N–H and O–H groups in total. The highest BCUT2D eigenvalue weighted by Crippen LogP contribution is 2.26. The van der Waals surface area contributed by atoms with E-state index in [4.69, 9.17) is 11.6 Å². The van der Waals surface area contributed by atoms with E-state index in [1.807, 2.05) is 38.1 Å². The van der Waals surface area contributed by atoms with E-state index in [0.717, 1.165) is 21.1 Å². The molecule has 0 bridgehead atoms. The Hall–Kier alpha value is -2.09. The van der Waals surface area contributed by atoms with Crippen LogP contribution in [0.5, 0.6) is 0 Å². The molecular weight excluding hydrogens is 410 g/mol. The molecule has 6 nitrogen and oxygen atoms in total. The predicted molar refractivity (Wildman–Crippen MR) is 116 cm³/mol. The number of carbonyl (C=O) groups excluding carboxylic acids is 1. The third kappa shape index (κ3) is 4.74. The van der Waals surface area contributed by atoms with Crippen LogP contribution in [0.4, 0.5) is 5.69 Å². The summed E-state index contributed by atoms with van der Waals surface area (Å²) < 4.78 is 26.8. The highest BCUT2D eigenvalue weighted by Gasteiger charge is 2.27. The maximum Gasteiger partial charge on any atom is 0.243 e. The zero-order chi connectivity index (χ0) is 21.2. The van der Waals surface area contributed by atoms with Crippen LogP contribution in [0.2, 0.25) is 5.02 Å². The van der Waals surface area contributed by atoms with Crippen molar-refractivity contribution < 1.29 is 13.2 Å². The van der Waals surface area contributed by atoms with Crippen molar-refractivity contribution in [3.05, 3.63) is 58.6 Å². The topological polar surface area (TPSA) is 60.9 Å². The molecule has 0 aromatic heterocycles. The van der Waals surface area contributed by atoms with Gasteiger partial charge in [-0.25, -0.2) is 8.42 Å². The Bertz CT molecular complexity index is 1000. The molecule has 3 rings (SSSR count). The first-order chi connectivity index (χ1) is 13.7. The summed E-state index contributed by atoms with van der Waals surface area (Å²) in [5.74, 6) is -0.196. The number of aryl methyl sites for hydroxylation is 2. The minimum atomic E-state index is -3.71. The Morgan fingerprint density at radius 3 is 2.31 bits per heavy atom. The standard InChI is InChI=1S/C21H26ClN3O3S/c1-16-8-9-18(14-17(16)2)29(27,28)23(3)15-21(26)25-12-10-24(11-13-25)20-7-5-4-6-19(20)22/h4-9,14H,10-13,15H2,1-3H3. The van der Waals surface area contributed by atoms with Crippen LogP contribution in [0.15, 0.2) is 47.4 Å². The number of piperazine rings is 1. The summed E-state index contributed by atoms with van der Waals surface area (Å²) in [6.07, 6.45) is 0. The van der Waals surface area contributed by atoms with Gasteiger partial charge in [-0.2, -0.15) is 4.31 Å². The largest absolute Gasteiger partial charge is 0.367 e. The van der Waals surface area contributed by atoms with Crippen LogP contribution >= 0.6 is 11.6 Å². The minimum absolute atomic E-state index is 0.179. The zero-order valence-electron chi connectivity index (χ0n) is 16.9. The van der Waals surface area contributed by atoms with Crippen molar-refractivity contribution >= 4 is 33.2 Å². The molecule has 0 spiro atoms. The van der Waals surface area contributed by atoms with Gasteiger partial charge in [0.25, 0.3) is 0 Å². The molecule has 1 amide bonds. The van der Waals surface area contributed by atoms with Gasteiger partial charge in [0.15, 0.2) is 0 Å². The lowest BCUT2D eigenvalue weighted by Gasteiger charge is -2.37.